The Labute approximate surface area is 113 Å². The standard InChI is InChI=1S/C14H19ClO3/c1-4-11(15)14(16)10-7-8-12(17-5-2)13(9-10)18-6-3/h7-9,11H,4-6H2,1-3H3. The van der Waals surface area contributed by atoms with Crippen molar-refractivity contribution in [2.45, 2.75) is 32.6 Å². The Balaban J connectivity index is 3.02. The summed E-state index contributed by atoms with van der Waals surface area (Å²) in [6, 6.07) is 5.17. The lowest BCUT2D eigenvalue weighted by atomic mass is 10.1. The third kappa shape index (κ3) is 3.64. The van der Waals surface area contributed by atoms with Crippen molar-refractivity contribution in [3.8, 4) is 11.5 Å². The van der Waals surface area contributed by atoms with Crippen LogP contribution in [-0.2, 0) is 0 Å². The number of benzene rings is 1. The molecule has 0 bridgehead atoms. The first-order chi connectivity index (χ1) is 8.63. The van der Waals surface area contributed by atoms with Crippen LogP contribution in [0.2, 0.25) is 0 Å². The van der Waals surface area contributed by atoms with Gasteiger partial charge >= 0.3 is 0 Å². The first-order valence-electron chi connectivity index (χ1n) is 6.21. The van der Waals surface area contributed by atoms with E-state index in [9.17, 15) is 4.79 Å². The monoisotopic (exact) mass is 270 g/mol. The van der Waals surface area contributed by atoms with Crippen molar-refractivity contribution in [2.75, 3.05) is 13.2 Å². The second-order valence-corrected chi connectivity index (χ2v) is 4.29. The number of hydrogen-bond donors (Lipinski definition) is 0. The number of halogens is 1. The van der Waals surface area contributed by atoms with Crippen molar-refractivity contribution in [1.82, 2.24) is 0 Å². The number of ether oxygens (including phenoxy) is 2. The van der Waals surface area contributed by atoms with Crippen molar-refractivity contribution in [1.29, 1.82) is 0 Å². The Morgan fingerprint density at radius 1 is 1.17 bits per heavy atom. The lowest BCUT2D eigenvalue weighted by molar-refractivity contribution is 0.0985. The fourth-order valence-electron chi connectivity index (χ4n) is 1.57. The minimum absolute atomic E-state index is 0.0804. The Morgan fingerprint density at radius 2 is 1.78 bits per heavy atom. The van der Waals surface area contributed by atoms with Crippen LogP contribution in [0.1, 0.15) is 37.6 Å². The summed E-state index contributed by atoms with van der Waals surface area (Å²) in [4.78, 5) is 12.0. The van der Waals surface area contributed by atoms with Crippen LogP contribution in [0.25, 0.3) is 0 Å². The van der Waals surface area contributed by atoms with Crippen LogP contribution in [0, 0.1) is 0 Å². The van der Waals surface area contributed by atoms with Gasteiger partial charge in [0.15, 0.2) is 17.3 Å². The molecule has 0 aliphatic heterocycles. The lowest BCUT2D eigenvalue weighted by Gasteiger charge is -2.13. The van der Waals surface area contributed by atoms with Gasteiger partial charge in [-0.25, -0.2) is 0 Å². The fraction of sp³-hybridized carbons (Fsp3) is 0.500. The molecule has 0 fully saturated rings. The molecule has 3 nitrogen and oxygen atoms in total. The van der Waals surface area contributed by atoms with Crippen LogP contribution >= 0.6 is 11.6 Å². The van der Waals surface area contributed by atoms with Gasteiger partial charge < -0.3 is 9.47 Å². The molecule has 1 aromatic carbocycles. The molecule has 1 rings (SSSR count). The van der Waals surface area contributed by atoms with Gasteiger partial charge in [0.1, 0.15) is 0 Å². The predicted octanol–water partition coefficient (Wildman–Crippen LogP) is 3.68. The van der Waals surface area contributed by atoms with Crippen LogP contribution in [0.3, 0.4) is 0 Å². The molecular formula is C14H19ClO3. The van der Waals surface area contributed by atoms with Crippen LogP contribution in [-0.4, -0.2) is 24.4 Å². The number of ketones is 1. The molecule has 0 spiro atoms. The quantitative estimate of drug-likeness (QED) is 0.560. The summed E-state index contributed by atoms with van der Waals surface area (Å²) >= 11 is 5.96. The average Bonchev–Trinajstić information content (AvgIpc) is 2.39. The Morgan fingerprint density at radius 3 is 2.33 bits per heavy atom. The summed E-state index contributed by atoms with van der Waals surface area (Å²) in [6.07, 6.45) is 0.609. The molecule has 100 valence electrons. The summed E-state index contributed by atoms with van der Waals surface area (Å²) in [6.45, 7) is 6.76. The Hall–Kier alpha value is -1.22. The molecule has 0 aliphatic rings. The molecule has 0 aliphatic carbocycles. The first-order valence-corrected chi connectivity index (χ1v) is 6.65. The van der Waals surface area contributed by atoms with Gasteiger partial charge in [0.05, 0.1) is 18.6 Å². The SMILES string of the molecule is CCOc1ccc(C(=O)C(Cl)CC)cc1OCC. The molecule has 4 heteroatoms. The molecule has 0 saturated heterocycles. The van der Waals surface area contributed by atoms with Gasteiger partial charge in [-0.3, -0.25) is 4.79 Å². The highest BCUT2D eigenvalue weighted by Crippen LogP contribution is 2.29. The van der Waals surface area contributed by atoms with Gasteiger partial charge in [0.2, 0.25) is 0 Å². The van der Waals surface area contributed by atoms with E-state index in [4.69, 9.17) is 21.1 Å². The van der Waals surface area contributed by atoms with Crippen LogP contribution in [0.15, 0.2) is 18.2 Å². The summed E-state index contributed by atoms with van der Waals surface area (Å²) in [7, 11) is 0. The smallest absolute Gasteiger partial charge is 0.180 e. The zero-order valence-electron chi connectivity index (χ0n) is 11.0. The third-order valence-corrected chi connectivity index (χ3v) is 2.98. The van der Waals surface area contributed by atoms with Gasteiger partial charge in [0.25, 0.3) is 0 Å². The molecule has 1 atom stereocenters. The summed E-state index contributed by atoms with van der Waals surface area (Å²) in [5.41, 5.74) is 0.559. The molecule has 1 aromatic rings. The van der Waals surface area contributed by atoms with Gasteiger partial charge in [-0.15, -0.1) is 11.6 Å². The van der Waals surface area contributed by atoms with Crippen LogP contribution < -0.4 is 9.47 Å². The third-order valence-electron chi connectivity index (χ3n) is 2.47. The minimum Gasteiger partial charge on any atom is -0.490 e. The maximum Gasteiger partial charge on any atom is 0.180 e. The maximum atomic E-state index is 12.0. The van der Waals surface area contributed by atoms with E-state index < -0.39 is 5.38 Å². The van der Waals surface area contributed by atoms with Crippen LogP contribution in [0.5, 0.6) is 11.5 Å². The zero-order chi connectivity index (χ0) is 13.5. The second-order valence-electron chi connectivity index (χ2n) is 3.77. The van der Waals surface area contributed by atoms with E-state index in [0.29, 0.717) is 36.7 Å². The summed E-state index contributed by atoms with van der Waals surface area (Å²) in [5.74, 6) is 1.16. The van der Waals surface area contributed by atoms with Gasteiger partial charge in [-0.2, -0.15) is 0 Å². The summed E-state index contributed by atoms with van der Waals surface area (Å²) in [5, 5.41) is -0.488. The van der Waals surface area contributed by atoms with Gasteiger partial charge in [0, 0.05) is 5.56 Å². The molecule has 0 aromatic heterocycles. The second kappa shape index (κ2) is 7.27. The molecule has 0 N–H and O–H groups in total. The zero-order valence-corrected chi connectivity index (χ0v) is 11.8. The van der Waals surface area contributed by atoms with Crippen molar-refractivity contribution in [3.63, 3.8) is 0 Å². The largest absolute Gasteiger partial charge is 0.490 e. The first kappa shape index (κ1) is 14.8. The lowest BCUT2D eigenvalue weighted by Crippen LogP contribution is -2.13. The van der Waals surface area contributed by atoms with Crippen molar-refractivity contribution in [3.05, 3.63) is 23.8 Å². The molecule has 0 saturated carbocycles. The number of Topliss-reactive ketones (excluding diaryl/α,β-unsaturated/α-hetero) is 1. The van der Waals surface area contributed by atoms with E-state index in [-0.39, 0.29) is 5.78 Å². The number of alkyl halides is 1. The summed E-state index contributed by atoms with van der Waals surface area (Å²) < 4.78 is 10.9. The highest BCUT2D eigenvalue weighted by atomic mass is 35.5. The highest BCUT2D eigenvalue weighted by molar-refractivity contribution is 6.33. The molecule has 18 heavy (non-hydrogen) atoms. The van der Waals surface area contributed by atoms with Gasteiger partial charge in [-0.05, 0) is 38.5 Å². The normalized spacial score (nSPS) is 12.0. The van der Waals surface area contributed by atoms with E-state index in [2.05, 4.69) is 0 Å². The van der Waals surface area contributed by atoms with E-state index in [0.717, 1.165) is 0 Å². The molecule has 1 unspecified atom stereocenters. The topological polar surface area (TPSA) is 35.5 Å². The average molecular weight is 271 g/mol. The molecular weight excluding hydrogens is 252 g/mol. The molecule has 0 radical (unpaired) electrons. The number of carbonyl (C=O) groups is 1. The predicted molar refractivity (Wildman–Crippen MR) is 73.0 cm³/mol. The Kier molecular flexibility index (Phi) is 5.99. The van der Waals surface area contributed by atoms with Crippen LogP contribution in [0.4, 0.5) is 0 Å². The van der Waals surface area contributed by atoms with E-state index in [1.165, 1.54) is 0 Å². The van der Waals surface area contributed by atoms with E-state index in [1.54, 1.807) is 18.2 Å². The van der Waals surface area contributed by atoms with Crippen molar-refractivity contribution >= 4 is 17.4 Å². The number of carbonyl (C=O) groups excluding carboxylic acids is 1. The Bertz CT molecular complexity index is 404. The number of rotatable bonds is 7. The van der Waals surface area contributed by atoms with Crippen molar-refractivity contribution in [2.24, 2.45) is 0 Å². The number of hydrogen-bond acceptors (Lipinski definition) is 3. The fourth-order valence-corrected chi connectivity index (χ4v) is 1.70. The maximum absolute atomic E-state index is 12.0. The van der Waals surface area contributed by atoms with E-state index >= 15 is 0 Å². The molecule has 0 amide bonds. The van der Waals surface area contributed by atoms with Crippen molar-refractivity contribution < 1.29 is 14.3 Å². The highest BCUT2D eigenvalue weighted by Gasteiger charge is 2.17. The van der Waals surface area contributed by atoms with E-state index in [1.807, 2.05) is 20.8 Å². The van der Waals surface area contributed by atoms with Gasteiger partial charge in [-0.1, -0.05) is 6.92 Å². The minimum atomic E-state index is -0.488. The molecule has 0 heterocycles.